The standard InChI is InChI=1S/C13H20N6OS/c1-3-19(4-2)13-17-11(14)10(21-13)12(20)16-6-8-18-7-5-15-9-18/h5,7,9H,3-4,6,8,14H2,1-2H3,(H,16,20). The minimum Gasteiger partial charge on any atom is -0.382 e. The number of hydrogen-bond donors (Lipinski definition) is 2. The van der Waals surface area contributed by atoms with Crippen molar-refractivity contribution in [3.8, 4) is 0 Å². The molecule has 2 rings (SSSR count). The van der Waals surface area contributed by atoms with Crippen molar-refractivity contribution in [2.24, 2.45) is 0 Å². The molecular formula is C13H20N6OS. The van der Waals surface area contributed by atoms with Gasteiger partial charge in [0, 0.05) is 38.6 Å². The van der Waals surface area contributed by atoms with Crippen LogP contribution in [0.3, 0.4) is 0 Å². The molecule has 0 aliphatic heterocycles. The summed E-state index contributed by atoms with van der Waals surface area (Å²) in [6.45, 7) is 6.97. The van der Waals surface area contributed by atoms with E-state index in [9.17, 15) is 4.79 Å². The molecule has 0 fully saturated rings. The van der Waals surface area contributed by atoms with E-state index in [1.54, 1.807) is 12.5 Å². The van der Waals surface area contributed by atoms with Crippen LogP contribution in [0.4, 0.5) is 10.9 Å². The lowest BCUT2D eigenvalue weighted by Gasteiger charge is -2.16. The van der Waals surface area contributed by atoms with E-state index in [1.807, 2.05) is 24.6 Å². The Bertz CT molecular complexity index is 576. The van der Waals surface area contributed by atoms with Crippen LogP contribution in [0.5, 0.6) is 0 Å². The zero-order valence-corrected chi connectivity index (χ0v) is 13.1. The van der Waals surface area contributed by atoms with Crippen molar-refractivity contribution in [2.45, 2.75) is 20.4 Å². The Morgan fingerprint density at radius 1 is 1.48 bits per heavy atom. The highest BCUT2D eigenvalue weighted by Crippen LogP contribution is 2.27. The van der Waals surface area contributed by atoms with Crippen molar-refractivity contribution in [2.75, 3.05) is 30.3 Å². The van der Waals surface area contributed by atoms with Crippen molar-refractivity contribution in [3.63, 3.8) is 0 Å². The number of imidazole rings is 1. The first-order valence-electron chi connectivity index (χ1n) is 6.90. The molecule has 7 nitrogen and oxygen atoms in total. The predicted octanol–water partition coefficient (Wildman–Crippen LogP) is 1.20. The summed E-state index contributed by atoms with van der Waals surface area (Å²) in [6.07, 6.45) is 5.27. The number of nitrogens with two attached hydrogens (primary N) is 1. The van der Waals surface area contributed by atoms with Gasteiger partial charge in [-0.1, -0.05) is 11.3 Å². The van der Waals surface area contributed by atoms with E-state index in [1.165, 1.54) is 11.3 Å². The minimum atomic E-state index is -0.177. The summed E-state index contributed by atoms with van der Waals surface area (Å²) >= 11 is 1.33. The minimum absolute atomic E-state index is 0.177. The summed E-state index contributed by atoms with van der Waals surface area (Å²) in [7, 11) is 0. The molecule has 1 amide bonds. The number of anilines is 2. The van der Waals surface area contributed by atoms with Crippen LogP contribution in [0.25, 0.3) is 0 Å². The highest BCUT2D eigenvalue weighted by atomic mass is 32.1. The third-order valence-electron chi connectivity index (χ3n) is 3.10. The van der Waals surface area contributed by atoms with E-state index >= 15 is 0 Å². The summed E-state index contributed by atoms with van der Waals surface area (Å²) in [6, 6.07) is 0. The van der Waals surface area contributed by atoms with E-state index in [-0.39, 0.29) is 5.91 Å². The van der Waals surface area contributed by atoms with Gasteiger partial charge in [-0.15, -0.1) is 0 Å². The Labute approximate surface area is 127 Å². The van der Waals surface area contributed by atoms with Gasteiger partial charge < -0.3 is 20.5 Å². The molecule has 114 valence electrons. The lowest BCUT2D eigenvalue weighted by atomic mass is 10.4. The number of carbonyl (C=O) groups excluding carboxylic acids is 1. The van der Waals surface area contributed by atoms with Gasteiger partial charge in [0.05, 0.1) is 6.33 Å². The van der Waals surface area contributed by atoms with Crippen LogP contribution in [0, 0.1) is 0 Å². The fourth-order valence-corrected chi connectivity index (χ4v) is 2.94. The summed E-state index contributed by atoms with van der Waals surface area (Å²) in [4.78, 5) is 22.9. The van der Waals surface area contributed by atoms with Crippen LogP contribution in [-0.4, -0.2) is 40.1 Å². The first kappa shape index (κ1) is 15.3. The van der Waals surface area contributed by atoms with Crippen LogP contribution < -0.4 is 16.0 Å². The van der Waals surface area contributed by atoms with Crippen molar-refractivity contribution in [1.82, 2.24) is 19.9 Å². The topological polar surface area (TPSA) is 89.1 Å². The number of hydrogen-bond acceptors (Lipinski definition) is 6. The Morgan fingerprint density at radius 3 is 2.86 bits per heavy atom. The van der Waals surface area contributed by atoms with Gasteiger partial charge in [0.1, 0.15) is 10.7 Å². The van der Waals surface area contributed by atoms with Gasteiger partial charge in [0.15, 0.2) is 5.13 Å². The second-order valence-electron chi connectivity index (χ2n) is 4.44. The van der Waals surface area contributed by atoms with Crippen molar-refractivity contribution in [3.05, 3.63) is 23.6 Å². The third-order valence-corrected chi connectivity index (χ3v) is 4.23. The van der Waals surface area contributed by atoms with E-state index in [0.29, 0.717) is 23.8 Å². The Balaban J connectivity index is 1.95. The molecule has 3 N–H and O–H groups in total. The van der Waals surface area contributed by atoms with Gasteiger partial charge in [-0.25, -0.2) is 9.97 Å². The zero-order valence-electron chi connectivity index (χ0n) is 12.2. The molecule has 8 heteroatoms. The molecule has 2 aromatic heterocycles. The Morgan fingerprint density at radius 2 is 2.24 bits per heavy atom. The smallest absolute Gasteiger partial charge is 0.265 e. The van der Waals surface area contributed by atoms with Gasteiger partial charge in [-0.3, -0.25) is 4.79 Å². The van der Waals surface area contributed by atoms with Gasteiger partial charge in [0.2, 0.25) is 0 Å². The molecule has 0 aromatic carbocycles. The van der Waals surface area contributed by atoms with Crippen molar-refractivity contribution in [1.29, 1.82) is 0 Å². The molecule has 2 aromatic rings. The maximum Gasteiger partial charge on any atom is 0.265 e. The second kappa shape index (κ2) is 7.07. The van der Waals surface area contributed by atoms with Gasteiger partial charge >= 0.3 is 0 Å². The number of nitrogens with one attached hydrogen (secondary N) is 1. The number of nitrogens with zero attached hydrogens (tertiary/aromatic N) is 4. The zero-order chi connectivity index (χ0) is 15.2. The first-order valence-corrected chi connectivity index (χ1v) is 7.72. The monoisotopic (exact) mass is 308 g/mol. The summed E-state index contributed by atoms with van der Waals surface area (Å²) < 4.78 is 1.90. The lowest BCUT2D eigenvalue weighted by molar-refractivity contribution is 0.0957. The number of aromatic nitrogens is 3. The third kappa shape index (κ3) is 3.72. The number of carbonyl (C=O) groups is 1. The normalized spacial score (nSPS) is 10.6. The van der Waals surface area contributed by atoms with E-state index < -0.39 is 0 Å². The summed E-state index contributed by atoms with van der Waals surface area (Å²) in [5.74, 6) is 0.116. The fourth-order valence-electron chi connectivity index (χ4n) is 1.91. The largest absolute Gasteiger partial charge is 0.382 e. The molecule has 0 saturated heterocycles. The number of amides is 1. The SMILES string of the molecule is CCN(CC)c1nc(N)c(C(=O)NCCn2ccnc2)s1. The molecule has 0 aliphatic carbocycles. The first-order chi connectivity index (χ1) is 10.2. The van der Waals surface area contributed by atoms with Crippen LogP contribution in [0.1, 0.15) is 23.5 Å². The summed E-state index contributed by atoms with van der Waals surface area (Å²) in [5, 5.41) is 3.64. The van der Waals surface area contributed by atoms with Gasteiger partial charge in [-0.2, -0.15) is 0 Å². The van der Waals surface area contributed by atoms with E-state index in [0.717, 1.165) is 18.2 Å². The fraction of sp³-hybridized carbons (Fsp3) is 0.462. The van der Waals surface area contributed by atoms with Crippen LogP contribution >= 0.6 is 11.3 Å². The maximum atomic E-state index is 12.1. The molecule has 0 saturated carbocycles. The lowest BCUT2D eigenvalue weighted by Crippen LogP contribution is -2.26. The average Bonchev–Trinajstić information content (AvgIpc) is 3.10. The number of thiazole rings is 1. The molecular weight excluding hydrogens is 288 g/mol. The molecule has 0 unspecified atom stereocenters. The predicted molar refractivity (Wildman–Crippen MR) is 84.6 cm³/mol. The Hall–Kier alpha value is -2.09. The highest BCUT2D eigenvalue weighted by molar-refractivity contribution is 7.18. The maximum absolute atomic E-state index is 12.1. The van der Waals surface area contributed by atoms with E-state index in [4.69, 9.17) is 5.73 Å². The summed E-state index contributed by atoms with van der Waals surface area (Å²) in [5.41, 5.74) is 5.85. The molecule has 0 aliphatic rings. The van der Waals surface area contributed by atoms with Crippen LogP contribution in [-0.2, 0) is 6.54 Å². The molecule has 0 spiro atoms. The highest BCUT2D eigenvalue weighted by Gasteiger charge is 2.18. The van der Waals surface area contributed by atoms with E-state index in [2.05, 4.69) is 20.2 Å². The second-order valence-corrected chi connectivity index (χ2v) is 5.42. The van der Waals surface area contributed by atoms with Crippen LogP contribution in [0.15, 0.2) is 18.7 Å². The Kier molecular flexibility index (Phi) is 5.15. The van der Waals surface area contributed by atoms with Gasteiger partial charge in [0.25, 0.3) is 5.91 Å². The van der Waals surface area contributed by atoms with Crippen molar-refractivity contribution >= 4 is 28.2 Å². The van der Waals surface area contributed by atoms with Gasteiger partial charge in [-0.05, 0) is 13.8 Å². The molecule has 0 atom stereocenters. The number of nitrogen functional groups attached to an aromatic ring is 1. The molecule has 21 heavy (non-hydrogen) atoms. The quantitative estimate of drug-likeness (QED) is 0.802. The average molecular weight is 308 g/mol. The van der Waals surface area contributed by atoms with Crippen LogP contribution in [0.2, 0.25) is 0 Å². The molecule has 0 bridgehead atoms. The number of rotatable bonds is 7. The van der Waals surface area contributed by atoms with Crippen molar-refractivity contribution < 1.29 is 4.79 Å². The molecule has 0 radical (unpaired) electrons. The molecule has 2 heterocycles.